The summed E-state index contributed by atoms with van der Waals surface area (Å²) in [6.45, 7) is 0.328. The van der Waals surface area contributed by atoms with E-state index in [4.69, 9.17) is 16.9 Å². The van der Waals surface area contributed by atoms with Gasteiger partial charge >= 0.3 is 0 Å². The van der Waals surface area contributed by atoms with E-state index in [0.29, 0.717) is 18.1 Å². The van der Waals surface area contributed by atoms with Crippen molar-refractivity contribution in [3.63, 3.8) is 0 Å². The number of terminal acetylenes is 1. The number of hydrogen-bond acceptors (Lipinski definition) is 6. The number of benzene rings is 1. The van der Waals surface area contributed by atoms with Gasteiger partial charge in [-0.2, -0.15) is 0 Å². The summed E-state index contributed by atoms with van der Waals surface area (Å²) in [5, 5.41) is 3.65. The number of hydrogen-bond donors (Lipinski definition) is 1. The summed E-state index contributed by atoms with van der Waals surface area (Å²) in [4.78, 5) is 12.6. The van der Waals surface area contributed by atoms with E-state index in [9.17, 15) is 0 Å². The molecule has 0 atom stereocenters. The van der Waals surface area contributed by atoms with Crippen LogP contribution in [0.3, 0.4) is 0 Å². The van der Waals surface area contributed by atoms with Gasteiger partial charge in [0.2, 0.25) is 5.88 Å². The number of oxime groups is 1. The molecule has 6 nitrogen and oxygen atoms in total. The van der Waals surface area contributed by atoms with E-state index >= 15 is 0 Å². The SMILES string of the molecule is C#Cc1ccc(COc2ncnc(N)c2C=NOC)cc1. The van der Waals surface area contributed by atoms with Crippen molar-refractivity contribution >= 4 is 12.0 Å². The van der Waals surface area contributed by atoms with Crippen LogP contribution >= 0.6 is 0 Å². The molecule has 0 aliphatic carbocycles. The van der Waals surface area contributed by atoms with Gasteiger partial charge in [0.05, 0.1) is 6.21 Å². The fourth-order valence-corrected chi connectivity index (χ4v) is 1.58. The molecule has 2 N–H and O–H groups in total. The average Bonchev–Trinajstić information content (AvgIpc) is 2.52. The van der Waals surface area contributed by atoms with Crippen LogP contribution in [0.1, 0.15) is 16.7 Å². The van der Waals surface area contributed by atoms with Crippen molar-refractivity contribution in [2.75, 3.05) is 12.8 Å². The number of nitrogen functional groups attached to an aromatic ring is 1. The third kappa shape index (κ3) is 3.70. The third-order valence-corrected chi connectivity index (χ3v) is 2.66. The first-order valence-electron chi connectivity index (χ1n) is 6.10. The molecule has 0 aliphatic heterocycles. The Morgan fingerprint density at radius 3 is 2.76 bits per heavy atom. The number of aromatic nitrogens is 2. The average molecular weight is 282 g/mol. The van der Waals surface area contributed by atoms with Gasteiger partial charge in [0.1, 0.15) is 31.4 Å². The van der Waals surface area contributed by atoms with E-state index in [2.05, 4.69) is 25.9 Å². The number of ether oxygens (including phenoxy) is 1. The summed E-state index contributed by atoms with van der Waals surface area (Å²) in [6.07, 6.45) is 8.05. The fraction of sp³-hybridized carbons (Fsp3) is 0.133. The lowest BCUT2D eigenvalue weighted by atomic mass is 10.1. The second-order valence-corrected chi connectivity index (χ2v) is 4.02. The summed E-state index contributed by atoms with van der Waals surface area (Å²) >= 11 is 0. The van der Waals surface area contributed by atoms with Gasteiger partial charge in [-0.05, 0) is 17.7 Å². The molecule has 0 spiro atoms. The van der Waals surface area contributed by atoms with Gasteiger partial charge < -0.3 is 15.3 Å². The van der Waals surface area contributed by atoms with Crippen molar-refractivity contribution in [3.8, 4) is 18.2 Å². The van der Waals surface area contributed by atoms with Gasteiger partial charge in [-0.3, -0.25) is 0 Å². The predicted molar refractivity (Wildman–Crippen MR) is 79.8 cm³/mol. The van der Waals surface area contributed by atoms with Gasteiger partial charge in [-0.1, -0.05) is 23.2 Å². The Labute approximate surface area is 122 Å². The molecular formula is C15H14N4O2. The van der Waals surface area contributed by atoms with Gasteiger partial charge in [0.15, 0.2) is 0 Å². The summed E-state index contributed by atoms with van der Waals surface area (Å²) in [6, 6.07) is 7.48. The maximum absolute atomic E-state index is 5.77. The highest BCUT2D eigenvalue weighted by molar-refractivity contribution is 5.87. The van der Waals surface area contributed by atoms with Gasteiger partial charge in [-0.25, -0.2) is 9.97 Å². The van der Waals surface area contributed by atoms with Gasteiger partial charge in [-0.15, -0.1) is 6.42 Å². The largest absolute Gasteiger partial charge is 0.472 e. The van der Waals surface area contributed by atoms with Crippen molar-refractivity contribution in [2.45, 2.75) is 6.61 Å². The van der Waals surface area contributed by atoms with E-state index in [1.54, 1.807) is 0 Å². The molecule has 2 rings (SSSR count). The molecule has 0 saturated heterocycles. The molecule has 0 unspecified atom stereocenters. The second kappa shape index (κ2) is 6.91. The van der Waals surface area contributed by atoms with E-state index in [0.717, 1.165) is 11.1 Å². The van der Waals surface area contributed by atoms with E-state index < -0.39 is 0 Å². The van der Waals surface area contributed by atoms with Crippen molar-refractivity contribution in [2.24, 2.45) is 5.16 Å². The molecule has 0 saturated carbocycles. The van der Waals surface area contributed by atoms with Crippen LogP contribution in [-0.4, -0.2) is 23.3 Å². The molecule has 2 aromatic rings. The molecule has 106 valence electrons. The molecule has 21 heavy (non-hydrogen) atoms. The van der Waals surface area contributed by atoms with Gasteiger partial charge in [0.25, 0.3) is 0 Å². The van der Waals surface area contributed by atoms with E-state index in [-0.39, 0.29) is 5.82 Å². The molecule has 1 aromatic carbocycles. The molecule has 0 amide bonds. The molecule has 6 heteroatoms. The second-order valence-electron chi connectivity index (χ2n) is 4.02. The highest BCUT2D eigenvalue weighted by Crippen LogP contribution is 2.18. The third-order valence-electron chi connectivity index (χ3n) is 2.66. The summed E-state index contributed by atoms with van der Waals surface area (Å²) in [5.74, 6) is 3.16. The highest BCUT2D eigenvalue weighted by atomic mass is 16.6. The van der Waals surface area contributed by atoms with Crippen molar-refractivity contribution in [1.29, 1.82) is 0 Å². The lowest BCUT2D eigenvalue weighted by Gasteiger charge is -2.08. The van der Waals surface area contributed by atoms with Crippen LogP contribution in [0.25, 0.3) is 0 Å². The molecule has 1 heterocycles. The van der Waals surface area contributed by atoms with Crippen LogP contribution in [-0.2, 0) is 11.4 Å². The van der Waals surface area contributed by atoms with Crippen molar-refractivity contribution in [3.05, 3.63) is 47.3 Å². The predicted octanol–water partition coefficient (Wildman–Crippen LogP) is 1.60. The zero-order chi connectivity index (χ0) is 15.1. The topological polar surface area (TPSA) is 82.6 Å². The molecule has 1 aromatic heterocycles. The Bertz CT molecular complexity index is 675. The monoisotopic (exact) mass is 282 g/mol. The fourth-order valence-electron chi connectivity index (χ4n) is 1.58. The Morgan fingerprint density at radius 1 is 1.33 bits per heavy atom. The minimum Gasteiger partial charge on any atom is -0.472 e. The minimum atomic E-state index is 0.267. The van der Waals surface area contributed by atoms with Gasteiger partial charge in [0, 0.05) is 5.56 Å². The zero-order valence-electron chi connectivity index (χ0n) is 11.5. The molecule has 0 radical (unpaired) electrons. The van der Waals surface area contributed by atoms with Crippen LogP contribution in [0.15, 0.2) is 35.7 Å². The zero-order valence-corrected chi connectivity index (χ0v) is 11.5. The van der Waals surface area contributed by atoms with Crippen LogP contribution < -0.4 is 10.5 Å². The number of rotatable bonds is 5. The Hall–Kier alpha value is -3.07. The first kappa shape index (κ1) is 14.3. The Morgan fingerprint density at radius 2 is 2.10 bits per heavy atom. The standard InChI is InChI=1S/C15H14N4O2/c1-3-11-4-6-12(7-5-11)9-21-15-13(8-19-20-2)14(16)17-10-18-15/h1,4-8,10H,9H2,2H3,(H2,16,17,18). The van der Waals surface area contributed by atoms with Crippen LogP contribution in [0.2, 0.25) is 0 Å². The minimum absolute atomic E-state index is 0.267. The lowest BCUT2D eigenvalue weighted by molar-refractivity contribution is 0.215. The Balaban J connectivity index is 2.14. The molecule has 0 aliphatic rings. The molecular weight excluding hydrogens is 268 g/mol. The van der Waals surface area contributed by atoms with Crippen LogP contribution in [0, 0.1) is 12.3 Å². The van der Waals surface area contributed by atoms with Crippen LogP contribution in [0.4, 0.5) is 5.82 Å². The summed E-state index contributed by atoms with van der Waals surface area (Å²) in [5.41, 5.74) is 8.02. The maximum atomic E-state index is 5.77. The van der Waals surface area contributed by atoms with Crippen LogP contribution in [0.5, 0.6) is 5.88 Å². The molecule has 0 fully saturated rings. The van der Waals surface area contributed by atoms with E-state index in [1.807, 2.05) is 24.3 Å². The number of nitrogens with two attached hydrogens (primary N) is 1. The van der Waals surface area contributed by atoms with Crippen molar-refractivity contribution < 1.29 is 9.57 Å². The summed E-state index contributed by atoms with van der Waals surface area (Å²) in [7, 11) is 1.43. The maximum Gasteiger partial charge on any atom is 0.228 e. The smallest absolute Gasteiger partial charge is 0.228 e. The molecule has 0 bridgehead atoms. The number of anilines is 1. The van der Waals surface area contributed by atoms with Crippen molar-refractivity contribution in [1.82, 2.24) is 9.97 Å². The highest BCUT2D eigenvalue weighted by Gasteiger charge is 2.09. The summed E-state index contributed by atoms with van der Waals surface area (Å²) < 4.78 is 5.65. The number of nitrogens with zero attached hydrogens (tertiary/aromatic N) is 3. The first-order chi connectivity index (χ1) is 10.2. The normalized spacial score (nSPS) is 10.3. The Kier molecular flexibility index (Phi) is 4.72. The first-order valence-corrected chi connectivity index (χ1v) is 6.10. The van der Waals surface area contributed by atoms with E-state index in [1.165, 1.54) is 19.7 Å². The lowest BCUT2D eigenvalue weighted by Crippen LogP contribution is -2.05. The quantitative estimate of drug-likeness (QED) is 0.511.